The van der Waals surface area contributed by atoms with Crippen LogP contribution in [-0.4, -0.2) is 28.8 Å². The SMILES string of the molecule is CCOC(=O)c1c(-c2ccc(C)cc2)csc1NC(=O)C(C)Sc1cccc(NC(=S)Nc2ccc(C)cc2)c1. The summed E-state index contributed by atoms with van der Waals surface area (Å²) >= 11 is 8.20. The van der Waals surface area contributed by atoms with Crippen LogP contribution >= 0.6 is 35.3 Å². The van der Waals surface area contributed by atoms with Crippen LogP contribution in [0, 0.1) is 13.8 Å². The van der Waals surface area contributed by atoms with E-state index in [-0.39, 0.29) is 12.5 Å². The Hall–Kier alpha value is -3.66. The summed E-state index contributed by atoms with van der Waals surface area (Å²) in [5.41, 5.74) is 6.03. The number of benzene rings is 3. The van der Waals surface area contributed by atoms with Crippen molar-refractivity contribution in [2.75, 3.05) is 22.6 Å². The molecule has 4 aromatic rings. The molecular formula is C31H31N3O3S3. The zero-order chi connectivity index (χ0) is 28.6. The van der Waals surface area contributed by atoms with E-state index in [1.807, 2.05) is 98.9 Å². The predicted molar refractivity (Wildman–Crippen MR) is 172 cm³/mol. The number of thioether (sulfide) groups is 1. The Morgan fingerprint density at radius 1 is 0.925 bits per heavy atom. The highest BCUT2D eigenvalue weighted by atomic mass is 32.2. The summed E-state index contributed by atoms with van der Waals surface area (Å²) < 4.78 is 5.33. The molecule has 0 bridgehead atoms. The van der Waals surface area contributed by atoms with E-state index in [0.29, 0.717) is 15.7 Å². The molecule has 1 atom stereocenters. The largest absolute Gasteiger partial charge is 0.462 e. The summed E-state index contributed by atoms with van der Waals surface area (Å²) in [7, 11) is 0. The first-order valence-corrected chi connectivity index (χ1v) is 15.0. The molecule has 0 aliphatic heterocycles. The number of anilines is 3. The molecule has 206 valence electrons. The van der Waals surface area contributed by atoms with Gasteiger partial charge in [-0.2, -0.15) is 0 Å². The molecule has 3 aromatic carbocycles. The fraction of sp³-hybridized carbons (Fsp3) is 0.194. The van der Waals surface area contributed by atoms with Crippen molar-refractivity contribution in [3.05, 3.63) is 94.9 Å². The normalized spacial score (nSPS) is 11.4. The number of rotatable bonds is 9. The topological polar surface area (TPSA) is 79.5 Å². The Balaban J connectivity index is 1.43. The van der Waals surface area contributed by atoms with Crippen LogP contribution in [0.3, 0.4) is 0 Å². The number of hydrogen-bond acceptors (Lipinski definition) is 6. The zero-order valence-corrected chi connectivity index (χ0v) is 25.2. The van der Waals surface area contributed by atoms with Gasteiger partial charge < -0.3 is 20.7 Å². The molecule has 0 aliphatic carbocycles. The van der Waals surface area contributed by atoms with E-state index in [9.17, 15) is 9.59 Å². The standard InChI is InChI=1S/C31H31N3O3S3/c1-5-37-30(36)27-26(22-13-9-19(2)10-14-22)18-39-29(27)34-28(35)21(4)40-25-8-6-7-24(17-25)33-31(38)32-23-15-11-20(3)12-16-23/h6-18,21H,5H2,1-4H3,(H,34,35)(H2,32,33,38). The lowest BCUT2D eigenvalue weighted by Crippen LogP contribution is -2.23. The summed E-state index contributed by atoms with van der Waals surface area (Å²) in [6.07, 6.45) is 0. The summed E-state index contributed by atoms with van der Waals surface area (Å²) in [4.78, 5) is 27.0. The van der Waals surface area contributed by atoms with Crippen molar-refractivity contribution in [2.45, 2.75) is 37.8 Å². The lowest BCUT2D eigenvalue weighted by molar-refractivity contribution is -0.115. The Morgan fingerprint density at radius 2 is 1.57 bits per heavy atom. The van der Waals surface area contributed by atoms with Gasteiger partial charge in [-0.25, -0.2) is 4.79 Å². The zero-order valence-electron chi connectivity index (χ0n) is 22.7. The number of thiophene rings is 1. The fourth-order valence-electron chi connectivity index (χ4n) is 3.85. The summed E-state index contributed by atoms with van der Waals surface area (Å²) in [5.74, 6) is -0.660. The number of amides is 1. The molecule has 1 amide bonds. The van der Waals surface area contributed by atoms with Gasteiger partial charge in [0.2, 0.25) is 5.91 Å². The molecule has 40 heavy (non-hydrogen) atoms. The van der Waals surface area contributed by atoms with Gasteiger partial charge >= 0.3 is 5.97 Å². The highest BCUT2D eigenvalue weighted by Gasteiger charge is 2.24. The monoisotopic (exact) mass is 589 g/mol. The van der Waals surface area contributed by atoms with Crippen LogP contribution in [0.15, 0.2) is 83.1 Å². The molecule has 0 saturated carbocycles. The number of carbonyl (C=O) groups is 2. The van der Waals surface area contributed by atoms with Gasteiger partial charge in [-0.3, -0.25) is 4.79 Å². The maximum Gasteiger partial charge on any atom is 0.341 e. The summed E-state index contributed by atoms with van der Waals surface area (Å²) in [6, 6.07) is 23.6. The van der Waals surface area contributed by atoms with Crippen LogP contribution in [-0.2, 0) is 9.53 Å². The minimum Gasteiger partial charge on any atom is -0.462 e. The molecular weight excluding hydrogens is 559 g/mol. The lowest BCUT2D eigenvalue weighted by atomic mass is 10.0. The number of carbonyl (C=O) groups excluding carboxylic acids is 2. The third-order valence-corrected chi connectivity index (χ3v) is 8.15. The maximum absolute atomic E-state index is 13.2. The molecule has 4 rings (SSSR count). The Bertz CT molecular complexity index is 1500. The number of hydrogen-bond donors (Lipinski definition) is 3. The molecule has 0 fully saturated rings. The fourth-order valence-corrected chi connectivity index (χ4v) is 5.97. The minimum absolute atomic E-state index is 0.206. The van der Waals surface area contributed by atoms with Gasteiger partial charge in [0.15, 0.2) is 5.11 Å². The van der Waals surface area contributed by atoms with Crippen LogP contribution in [0.5, 0.6) is 0 Å². The number of aryl methyl sites for hydroxylation is 2. The van der Waals surface area contributed by atoms with Gasteiger partial charge in [-0.05, 0) is 75.8 Å². The molecule has 0 spiro atoms. The smallest absolute Gasteiger partial charge is 0.341 e. The van der Waals surface area contributed by atoms with Crippen LogP contribution in [0.1, 0.15) is 35.3 Å². The van der Waals surface area contributed by atoms with E-state index < -0.39 is 11.2 Å². The van der Waals surface area contributed by atoms with Gasteiger partial charge in [-0.15, -0.1) is 23.1 Å². The number of esters is 1. The van der Waals surface area contributed by atoms with Crippen LogP contribution < -0.4 is 16.0 Å². The summed E-state index contributed by atoms with van der Waals surface area (Å²) in [5, 5.41) is 11.8. The van der Waals surface area contributed by atoms with Crippen molar-refractivity contribution < 1.29 is 14.3 Å². The molecule has 0 aliphatic rings. The van der Waals surface area contributed by atoms with Crippen LogP contribution in [0.25, 0.3) is 11.1 Å². The maximum atomic E-state index is 13.2. The Morgan fingerprint density at radius 3 is 2.25 bits per heavy atom. The van der Waals surface area contributed by atoms with Crippen molar-refractivity contribution in [3.63, 3.8) is 0 Å². The molecule has 0 radical (unpaired) electrons. The Labute approximate surface area is 248 Å². The second-order valence-corrected chi connectivity index (χ2v) is 11.9. The highest BCUT2D eigenvalue weighted by molar-refractivity contribution is 8.00. The van der Waals surface area contributed by atoms with Crippen molar-refractivity contribution >= 4 is 68.7 Å². The van der Waals surface area contributed by atoms with E-state index in [2.05, 4.69) is 16.0 Å². The van der Waals surface area contributed by atoms with E-state index in [4.69, 9.17) is 17.0 Å². The predicted octanol–water partition coefficient (Wildman–Crippen LogP) is 8.14. The van der Waals surface area contributed by atoms with Crippen molar-refractivity contribution in [2.24, 2.45) is 0 Å². The molecule has 0 saturated heterocycles. The number of ether oxygens (including phenoxy) is 1. The van der Waals surface area contributed by atoms with E-state index >= 15 is 0 Å². The lowest BCUT2D eigenvalue weighted by Gasteiger charge is -2.14. The third kappa shape index (κ3) is 7.71. The first kappa shape index (κ1) is 29.3. The quantitative estimate of drug-likeness (QED) is 0.103. The average molecular weight is 590 g/mol. The molecule has 6 nitrogen and oxygen atoms in total. The minimum atomic E-state index is -0.455. The molecule has 1 heterocycles. The molecule has 1 aromatic heterocycles. The second kappa shape index (κ2) is 13.6. The third-order valence-electron chi connectivity index (χ3n) is 5.95. The van der Waals surface area contributed by atoms with Crippen molar-refractivity contribution in [3.8, 4) is 11.1 Å². The van der Waals surface area contributed by atoms with Crippen LogP contribution in [0.2, 0.25) is 0 Å². The number of nitrogens with one attached hydrogen (secondary N) is 3. The van der Waals surface area contributed by atoms with Gasteiger partial charge in [0.1, 0.15) is 10.6 Å². The van der Waals surface area contributed by atoms with Gasteiger partial charge in [0.25, 0.3) is 0 Å². The van der Waals surface area contributed by atoms with E-state index in [1.165, 1.54) is 28.7 Å². The van der Waals surface area contributed by atoms with Gasteiger partial charge in [-0.1, -0.05) is 53.6 Å². The summed E-state index contributed by atoms with van der Waals surface area (Å²) in [6.45, 7) is 7.89. The molecule has 1 unspecified atom stereocenters. The Kier molecular flexibility index (Phi) is 9.98. The van der Waals surface area contributed by atoms with Crippen molar-refractivity contribution in [1.82, 2.24) is 0 Å². The average Bonchev–Trinajstić information content (AvgIpc) is 3.34. The van der Waals surface area contributed by atoms with E-state index in [1.54, 1.807) is 6.92 Å². The van der Waals surface area contributed by atoms with Crippen LogP contribution in [0.4, 0.5) is 16.4 Å². The molecule has 9 heteroatoms. The number of thiocarbonyl (C=S) groups is 1. The first-order valence-electron chi connectivity index (χ1n) is 12.8. The second-order valence-electron chi connectivity index (χ2n) is 9.16. The molecule has 3 N–H and O–H groups in total. The van der Waals surface area contributed by atoms with Gasteiger partial charge in [0.05, 0.1) is 11.9 Å². The first-order chi connectivity index (χ1) is 19.2. The van der Waals surface area contributed by atoms with Crippen molar-refractivity contribution in [1.29, 1.82) is 0 Å². The van der Waals surface area contributed by atoms with E-state index in [0.717, 1.165) is 33.0 Å². The highest BCUT2D eigenvalue weighted by Crippen LogP contribution is 2.37. The van der Waals surface area contributed by atoms with Gasteiger partial charge in [0, 0.05) is 27.2 Å².